The molecule has 45 heavy (non-hydrogen) atoms. The lowest BCUT2D eigenvalue weighted by molar-refractivity contribution is -0.485. The molecule has 0 heterocycles. The van der Waals surface area contributed by atoms with Gasteiger partial charge in [-0.05, 0) is 0 Å². The zero-order valence-corrected chi connectivity index (χ0v) is 19.5. The van der Waals surface area contributed by atoms with E-state index in [-0.39, 0.29) is 0 Å². The quantitative estimate of drug-likeness (QED) is 0.181. The molecule has 29 heteroatoms. The molecule has 2 nitrogen and oxygen atoms in total. The van der Waals surface area contributed by atoms with Crippen LogP contribution in [-0.4, -0.2) is 88.3 Å². The van der Waals surface area contributed by atoms with Crippen LogP contribution in [-0.2, 0) is 4.79 Å². The molecule has 0 spiro atoms. The third-order valence-electron chi connectivity index (χ3n) is 5.41. The molecule has 0 rings (SSSR count). The monoisotopic (exact) mass is 742 g/mol. The van der Waals surface area contributed by atoms with E-state index in [1.54, 1.807) is 0 Å². The first kappa shape index (κ1) is 42.6. The summed E-state index contributed by atoms with van der Waals surface area (Å²) in [4.78, 5) is 10.1. The van der Waals surface area contributed by atoms with Crippen molar-refractivity contribution in [3.05, 3.63) is 0 Å². The Bertz CT molecular complexity index is 1100. The van der Waals surface area contributed by atoms with Crippen LogP contribution in [0.2, 0.25) is 0 Å². The summed E-state index contributed by atoms with van der Waals surface area (Å²) in [6.07, 6.45) is -14.1. The van der Waals surface area contributed by atoms with Crippen molar-refractivity contribution in [1.29, 1.82) is 0 Å². The number of alkyl halides is 27. The zero-order chi connectivity index (χ0) is 37.5. The molecule has 0 atom stereocenters. The number of aliphatic carboxylic acids is 1. The number of halogens is 27. The first-order valence-corrected chi connectivity index (χ1v) is 9.74. The summed E-state index contributed by atoms with van der Waals surface area (Å²) in [6, 6.07) is 0. The van der Waals surface area contributed by atoms with Crippen molar-refractivity contribution < 1.29 is 128 Å². The van der Waals surface area contributed by atoms with Crippen molar-refractivity contribution in [3.8, 4) is 0 Å². The van der Waals surface area contributed by atoms with Gasteiger partial charge in [-0.15, -0.1) is 0 Å². The number of rotatable bonds is 14. The molecule has 0 radical (unpaired) electrons. The van der Waals surface area contributed by atoms with Gasteiger partial charge in [0.1, 0.15) is 0 Å². The van der Waals surface area contributed by atoms with Crippen LogP contribution < -0.4 is 0 Å². The van der Waals surface area contributed by atoms with Crippen molar-refractivity contribution in [2.75, 3.05) is 0 Å². The maximum atomic E-state index is 13.7. The SMILES string of the molecule is O=C(O)CCC(F)(F)C(F)(F)C(F)(F)C(F)(F)C(F)(F)C(F)(F)C(F)(F)C(F)(F)C(F)(F)C(F)(F)C(F)(F)C(F)(F)C(F)(F)F. The Morgan fingerprint density at radius 3 is 0.689 bits per heavy atom. The third kappa shape index (κ3) is 5.23. The van der Waals surface area contributed by atoms with Gasteiger partial charge in [0.2, 0.25) is 0 Å². The highest BCUT2D eigenvalue weighted by Crippen LogP contribution is 2.68. The molecule has 0 saturated carbocycles. The van der Waals surface area contributed by atoms with E-state index in [1.165, 1.54) is 0 Å². The van der Waals surface area contributed by atoms with Crippen LogP contribution in [0.5, 0.6) is 0 Å². The fourth-order valence-electron chi connectivity index (χ4n) is 2.60. The average Bonchev–Trinajstić information content (AvgIpc) is 2.80. The largest absolute Gasteiger partial charge is 0.481 e. The number of carbonyl (C=O) groups is 1. The number of carboxylic acids is 1. The standard InChI is InChI=1S/C16H5F27O2/c17-4(18,2-1-3(44)45)5(19,20)6(21,22)7(23,24)8(25,26)9(27,28)10(29,30)11(31,32)12(33,34)13(35,36)14(37,38)15(39,40)16(41,42)43/h1-2H2,(H,44,45). The third-order valence-corrected chi connectivity index (χ3v) is 5.41. The molecule has 0 aliphatic rings. The van der Waals surface area contributed by atoms with Crippen LogP contribution in [0.25, 0.3) is 0 Å². The molecular formula is C16H5F27O2. The second-order valence-electron chi connectivity index (χ2n) is 8.41. The van der Waals surface area contributed by atoms with E-state index >= 15 is 0 Å². The molecule has 0 aromatic carbocycles. The van der Waals surface area contributed by atoms with Gasteiger partial charge < -0.3 is 5.11 Å². The lowest BCUT2D eigenvalue weighted by atomic mass is 9.83. The second-order valence-corrected chi connectivity index (χ2v) is 8.41. The van der Waals surface area contributed by atoms with Crippen molar-refractivity contribution in [3.63, 3.8) is 0 Å². The van der Waals surface area contributed by atoms with Crippen LogP contribution >= 0.6 is 0 Å². The molecule has 0 unspecified atom stereocenters. The van der Waals surface area contributed by atoms with E-state index in [4.69, 9.17) is 5.11 Å². The molecule has 0 amide bonds. The summed E-state index contributed by atoms with van der Waals surface area (Å²) < 4.78 is 359. The second kappa shape index (κ2) is 10.5. The van der Waals surface area contributed by atoms with Crippen molar-refractivity contribution >= 4 is 5.97 Å². The topological polar surface area (TPSA) is 37.3 Å². The van der Waals surface area contributed by atoms with Gasteiger partial charge in [0.25, 0.3) is 0 Å². The van der Waals surface area contributed by atoms with E-state index in [2.05, 4.69) is 0 Å². The summed E-state index contributed by atoms with van der Waals surface area (Å²) in [5.74, 6) is -113. The molecule has 0 bridgehead atoms. The van der Waals surface area contributed by atoms with Gasteiger partial charge in [0.15, 0.2) is 0 Å². The number of carboxylic acid groups (broad SMARTS) is 1. The molecule has 0 aliphatic heterocycles. The molecule has 0 saturated heterocycles. The van der Waals surface area contributed by atoms with Crippen molar-refractivity contribution in [2.45, 2.75) is 90.1 Å². The van der Waals surface area contributed by atoms with Crippen molar-refractivity contribution in [1.82, 2.24) is 0 Å². The Labute approximate surface area is 226 Å². The fourth-order valence-corrected chi connectivity index (χ4v) is 2.60. The molecule has 0 aromatic rings. The van der Waals surface area contributed by atoms with Gasteiger partial charge in [0.05, 0.1) is 6.42 Å². The number of hydrogen-bond donors (Lipinski definition) is 1. The maximum absolute atomic E-state index is 13.7. The van der Waals surface area contributed by atoms with Crippen LogP contribution in [0, 0.1) is 0 Å². The van der Waals surface area contributed by atoms with Crippen LogP contribution in [0.1, 0.15) is 12.8 Å². The normalized spacial score (nSPS) is 16.7. The molecule has 0 aromatic heterocycles. The van der Waals surface area contributed by atoms with Gasteiger partial charge in [-0.1, -0.05) is 0 Å². The lowest BCUT2D eigenvalue weighted by Gasteiger charge is -2.46. The summed E-state index contributed by atoms with van der Waals surface area (Å²) >= 11 is 0. The van der Waals surface area contributed by atoms with Crippen molar-refractivity contribution in [2.24, 2.45) is 0 Å². The van der Waals surface area contributed by atoms with E-state index in [0.717, 1.165) is 0 Å². The van der Waals surface area contributed by atoms with Crippen LogP contribution in [0.15, 0.2) is 0 Å². The highest BCUT2D eigenvalue weighted by molar-refractivity contribution is 5.66. The molecule has 0 aliphatic carbocycles. The predicted octanol–water partition coefficient (Wildman–Crippen LogP) is 9.04. The maximum Gasteiger partial charge on any atom is 0.460 e. The first-order chi connectivity index (χ1) is 18.9. The molecular weight excluding hydrogens is 737 g/mol. The average molecular weight is 742 g/mol. The van der Waals surface area contributed by atoms with Gasteiger partial charge >= 0.3 is 83.2 Å². The summed E-state index contributed by atoms with van der Waals surface area (Å²) in [6.45, 7) is 0. The Balaban J connectivity index is 7.39. The van der Waals surface area contributed by atoms with E-state index in [1.807, 2.05) is 0 Å². The first-order valence-electron chi connectivity index (χ1n) is 9.74. The van der Waals surface area contributed by atoms with Crippen LogP contribution in [0.4, 0.5) is 119 Å². The highest BCUT2D eigenvalue weighted by Gasteiger charge is 3.00. The smallest absolute Gasteiger partial charge is 0.460 e. The molecule has 270 valence electrons. The zero-order valence-electron chi connectivity index (χ0n) is 19.5. The van der Waals surface area contributed by atoms with Gasteiger partial charge in [-0.3, -0.25) is 4.79 Å². The molecule has 0 fully saturated rings. The Hall–Kier alpha value is -2.42. The van der Waals surface area contributed by atoms with E-state index < -0.39 is 96.1 Å². The van der Waals surface area contributed by atoms with Gasteiger partial charge in [-0.25, -0.2) is 0 Å². The molecule has 1 N–H and O–H groups in total. The van der Waals surface area contributed by atoms with E-state index in [0.29, 0.717) is 0 Å². The predicted molar refractivity (Wildman–Crippen MR) is 82.3 cm³/mol. The minimum Gasteiger partial charge on any atom is -0.481 e. The summed E-state index contributed by atoms with van der Waals surface area (Å²) in [7, 11) is 0. The van der Waals surface area contributed by atoms with Gasteiger partial charge in [-0.2, -0.15) is 119 Å². The Morgan fingerprint density at radius 1 is 0.333 bits per heavy atom. The van der Waals surface area contributed by atoms with E-state index in [9.17, 15) is 123 Å². The highest BCUT2D eigenvalue weighted by atomic mass is 19.4. The number of hydrogen-bond acceptors (Lipinski definition) is 1. The Morgan fingerprint density at radius 2 is 0.511 bits per heavy atom. The summed E-state index contributed by atoms with van der Waals surface area (Å²) in [5, 5.41) is 8.02. The van der Waals surface area contributed by atoms with Gasteiger partial charge in [0, 0.05) is 6.42 Å². The Kier molecular flexibility index (Phi) is 9.98. The fraction of sp³-hybridized carbons (Fsp3) is 0.938. The minimum absolute atomic E-state index is 2.50. The minimum atomic E-state index is -9.82. The summed E-state index contributed by atoms with van der Waals surface area (Å²) in [5.41, 5.74) is 0. The van der Waals surface area contributed by atoms with Crippen LogP contribution in [0.3, 0.4) is 0 Å². The lowest BCUT2D eigenvalue weighted by Crippen LogP contribution is -2.78.